The van der Waals surface area contributed by atoms with Crippen LogP contribution in [-0.2, 0) is 16.0 Å². The van der Waals surface area contributed by atoms with Crippen LogP contribution in [0.15, 0.2) is 24.3 Å². The third kappa shape index (κ3) is 4.22. The summed E-state index contributed by atoms with van der Waals surface area (Å²) in [4.78, 5) is 10.7. The van der Waals surface area contributed by atoms with Gasteiger partial charge in [-0.15, -0.1) is 0 Å². The number of ether oxygens (including phenoxy) is 2. The van der Waals surface area contributed by atoms with Crippen molar-refractivity contribution in [3.05, 3.63) is 29.8 Å². The Morgan fingerprint density at radius 2 is 2.42 bits per heavy atom. The van der Waals surface area contributed by atoms with Crippen molar-refractivity contribution in [2.45, 2.75) is 31.4 Å². The first-order valence-electron chi connectivity index (χ1n) is 6.47. The Kier molecular flexibility index (Phi) is 4.76. The summed E-state index contributed by atoms with van der Waals surface area (Å²) in [6.07, 6.45) is 2.59. The van der Waals surface area contributed by atoms with Crippen LogP contribution in [0.3, 0.4) is 0 Å². The zero-order valence-corrected chi connectivity index (χ0v) is 10.7. The van der Waals surface area contributed by atoms with Crippen LogP contribution in [0.5, 0.6) is 5.75 Å². The highest BCUT2D eigenvalue weighted by molar-refractivity contribution is 5.73. The van der Waals surface area contributed by atoms with Crippen LogP contribution < -0.4 is 10.5 Å². The Morgan fingerprint density at radius 3 is 3.11 bits per heavy atom. The van der Waals surface area contributed by atoms with E-state index in [4.69, 9.17) is 20.3 Å². The van der Waals surface area contributed by atoms with Gasteiger partial charge in [0, 0.05) is 6.61 Å². The van der Waals surface area contributed by atoms with Crippen LogP contribution in [-0.4, -0.2) is 36.4 Å². The third-order valence-electron chi connectivity index (χ3n) is 3.13. The lowest BCUT2D eigenvalue weighted by Gasteiger charge is -2.13. The summed E-state index contributed by atoms with van der Waals surface area (Å²) in [5, 5.41) is 8.79. The van der Waals surface area contributed by atoms with Gasteiger partial charge in [0.05, 0.1) is 6.10 Å². The van der Waals surface area contributed by atoms with Gasteiger partial charge in [-0.2, -0.15) is 0 Å². The first-order chi connectivity index (χ1) is 9.15. The van der Waals surface area contributed by atoms with Crippen LogP contribution >= 0.6 is 0 Å². The minimum absolute atomic E-state index is 0.171. The largest absolute Gasteiger partial charge is 0.491 e. The molecule has 19 heavy (non-hydrogen) atoms. The molecule has 0 amide bonds. The van der Waals surface area contributed by atoms with E-state index in [1.807, 2.05) is 24.3 Å². The van der Waals surface area contributed by atoms with E-state index in [1.165, 1.54) is 0 Å². The Balaban J connectivity index is 1.88. The fourth-order valence-corrected chi connectivity index (χ4v) is 2.07. The van der Waals surface area contributed by atoms with Crippen molar-refractivity contribution in [3.8, 4) is 5.75 Å². The van der Waals surface area contributed by atoms with Gasteiger partial charge in [-0.1, -0.05) is 12.1 Å². The van der Waals surface area contributed by atoms with E-state index >= 15 is 0 Å². The van der Waals surface area contributed by atoms with Crippen LogP contribution in [0.4, 0.5) is 0 Å². The standard InChI is InChI=1S/C14H19NO4/c15-13(14(16)17)8-10-3-1-4-11(7-10)19-9-12-5-2-6-18-12/h1,3-4,7,12-13H,2,5-6,8-9,15H2,(H,16,17). The Bertz CT molecular complexity index is 429. The topological polar surface area (TPSA) is 81.8 Å². The summed E-state index contributed by atoms with van der Waals surface area (Å²) in [5.41, 5.74) is 6.37. The van der Waals surface area contributed by atoms with E-state index in [1.54, 1.807) is 0 Å². The van der Waals surface area contributed by atoms with Gasteiger partial charge in [-0.25, -0.2) is 0 Å². The molecule has 0 radical (unpaired) electrons. The molecule has 5 heteroatoms. The second-order valence-electron chi connectivity index (χ2n) is 4.74. The van der Waals surface area contributed by atoms with Gasteiger partial charge in [0.2, 0.25) is 0 Å². The maximum absolute atomic E-state index is 10.7. The average Bonchev–Trinajstić information content (AvgIpc) is 2.90. The normalized spacial score (nSPS) is 20.2. The number of aliphatic carboxylic acids is 1. The van der Waals surface area contributed by atoms with E-state index in [0.717, 1.165) is 30.8 Å². The number of hydrogen-bond donors (Lipinski definition) is 2. The molecule has 104 valence electrons. The molecule has 3 N–H and O–H groups in total. The van der Waals surface area contributed by atoms with Crippen molar-refractivity contribution in [1.82, 2.24) is 0 Å². The highest BCUT2D eigenvalue weighted by Crippen LogP contribution is 2.17. The molecule has 1 aliphatic heterocycles. The molecule has 1 aromatic rings. The summed E-state index contributed by atoms with van der Waals surface area (Å²) >= 11 is 0. The molecular formula is C14H19NO4. The molecule has 2 atom stereocenters. The molecule has 5 nitrogen and oxygen atoms in total. The molecule has 1 aliphatic rings. The Labute approximate surface area is 112 Å². The summed E-state index contributed by atoms with van der Waals surface area (Å²) in [6, 6.07) is 6.49. The maximum Gasteiger partial charge on any atom is 0.320 e. The monoisotopic (exact) mass is 265 g/mol. The summed E-state index contributed by atoms with van der Waals surface area (Å²) in [5.74, 6) is -0.267. The molecule has 1 aromatic carbocycles. The highest BCUT2D eigenvalue weighted by atomic mass is 16.5. The van der Waals surface area contributed by atoms with E-state index in [0.29, 0.717) is 13.0 Å². The van der Waals surface area contributed by atoms with Crippen LogP contribution in [0.2, 0.25) is 0 Å². The lowest BCUT2D eigenvalue weighted by Crippen LogP contribution is -2.32. The molecular weight excluding hydrogens is 246 g/mol. The van der Waals surface area contributed by atoms with Gasteiger partial charge in [0.25, 0.3) is 0 Å². The molecule has 1 fully saturated rings. The molecule has 0 saturated carbocycles. The Hall–Kier alpha value is -1.59. The number of benzene rings is 1. The van der Waals surface area contributed by atoms with Gasteiger partial charge in [0.15, 0.2) is 0 Å². The van der Waals surface area contributed by atoms with Crippen molar-refractivity contribution in [3.63, 3.8) is 0 Å². The minimum atomic E-state index is -0.995. The van der Waals surface area contributed by atoms with Gasteiger partial charge < -0.3 is 20.3 Å². The van der Waals surface area contributed by atoms with E-state index in [2.05, 4.69) is 0 Å². The fourth-order valence-electron chi connectivity index (χ4n) is 2.07. The quantitative estimate of drug-likeness (QED) is 0.807. The van der Waals surface area contributed by atoms with Crippen LogP contribution in [0, 0.1) is 0 Å². The molecule has 0 bridgehead atoms. The van der Waals surface area contributed by atoms with Gasteiger partial charge in [0.1, 0.15) is 18.4 Å². The lowest BCUT2D eigenvalue weighted by molar-refractivity contribution is -0.138. The number of carbonyl (C=O) groups is 1. The molecule has 0 spiro atoms. The third-order valence-corrected chi connectivity index (χ3v) is 3.13. The second kappa shape index (κ2) is 6.54. The van der Waals surface area contributed by atoms with E-state index in [9.17, 15) is 4.79 Å². The Morgan fingerprint density at radius 1 is 1.58 bits per heavy atom. The first-order valence-corrected chi connectivity index (χ1v) is 6.47. The van der Waals surface area contributed by atoms with Crippen molar-refractivity contribution < 1.29 is 19.4 Å². The molecule has 0 aliphatic carbocycles. The molecule has 1 saturated heterocycles. The fraction of sp³-hybridized carbons (Fsp3) is 0.500. The number of hydrogen-bond acceptors (Lipinski definition) is 4. The smallest absolute Gasteiger partial charge is 0.320 e. The maximum atomic E-state index is 10.7. The summed E-state index contributed by atoms with van der Waals surface area (Å²) in [7, 11) is 0. The molecule has 2 rings (SSSR count). The summed E-state index contributed by atoms with van der Waals surface area (Å²) in [6.45, 7) is 1.34. The number of carboxylic acid groups (broad SMARTS) is 1. The highest BCUT2D eigenvalue weighted by Gasteiger charge is 2.16. The lowest BCUT2D eigenvalue weighted by atomic mass is 10.1. The predicted octanol–water partition coefficient (Wildman–Crippen LogP) is 1.20. The second-order valence-corrected chi connectivity index (χ2v) is 4.74. The summed E-state index contributed by atoms with van der Waals surface area (Å²) < 4.78 is 11.1. The van der Waals surface area contributed by atoms with Gasteiger partial charge in [-0.05, 0) is 37.0 Å². The first kappa shape index (κ1) is 13.8. The SMILES string of the molecule is NC(Cc1cccc(OCC2CCCO2)c1)C(=O)O. The zero-order chi connectivity index (χ0) is 13.7. The van der Waals surface area contributed by atoms with Gasteiger partial charge >= 0.3 is 5.97 Å². The van der Waals surface area contributed by atoms with E-state index < -0.39 is 12.0 Å². The van der Waals surface area contributed by atoms with Crippen molar-refractivity contribution in [2.75, 3.05) is 13.2 Å². The molecule has 1 heterocycles. The van der Waals surface area contributed by atoms with Crippen LogP contribution in [0.1, 0.15) is 18.4 Å². The van der Waals surface area contributed by atoms with Crippen molar-refractivity contribution in [1.29, 1.82) is 0 Å². The van der Waals surface area contributed by atoms with Crippen LogP contribution in [0.25, 0.3) is 0 Å². The van der Waals surface area contributed by atoms with Gasteiger partial charge in [-0.3, -0.25) is 4.79 Å². The van der Waals surface area contributed by atoms with Crippen molar-refractivity contribution >= 4 is 5.97 Å². The predicted molar refractivity (Wildman–Crippen MR) is 70.2 cm³/mol. The van der Waals surface area contributed by atoms with Crippen molar-refractivity contribution in [2.24, 2.45) is 5.73 Å². The molecule has 2 unspecified atom stereocenters. The average molecular weight is 265 g/mol. The minimum Gasteiger partial charge on any atom is -0.491 e. The number of carboxylic acids is 1. The number of rotatable bonds is 6. The van der Waals surface area contributed by atoms with E-state index in [-0.39, 0.29) is 6.10 Å². The number of nitrogens with two attached hydrogens (primary N) is 1. The molecule has 0 aromatic heterocycles. The zero-order valence-electron chi connectivity index (χ0n) is 10.7.